The number of amides is 1. The molecule has 4 rings (SSSR count). The molecule has 28 heavy (non-hydrogen) atoms. The average molecular weight is 379 g/mol. The standard InChI is InChI=1S/C19H18FN7O/c20-15-2-4-16(5-3-15)25-18-23-12-14(13-24-18)17(28)26-8-10-27(11-9-26)19-21-6-1-7-22-19/h1-7,12-13H,8-11H2,(H,23,24,25). The van der Waals surface area contributed by atoms with Crippen LogP contribution in [0.15, 0.2) is 55.1 Å². The topological polar surface area (TPSA) is 87.1 Å². The zero-order valence-corrected chi connectivity index (χ0v) is 15.0. The SMILES string of the molecule is O=C(c1cnc(Nc2ccc(F)cc2)nc1)N1CCN(c2ncccn2)CC1. The van der Waals surface area contributed by atoms with Crippen molar-refractivity contribution in [3.8, 4) is 0 Å². The highest BCUT2D eigenvalue weighted by atomic mass is 19.1. The van der Waals surface area contributed by atoms with Gasteiger partial charge < -0.3 is 15.1 Å². The van der Waals surface area contributed by atoms with E-state index in [0.29, 0.717) is 49.3 Å². The van der Waals surface area contributed by atoms with E-state index < -0.39 is 0 Å². The van der Waals surface area contributed by atoms with Gasteiger partial charge in [-0.3, -0.25) is 4.79 Å². The van der Waals surface area contributed by atoms with Crippen LogP contribution in [0, 0.1) is 5.82 Å². The van der Waals surface area contributed by atoms with E-state index in [4.69, 9.17) is 0 Å². The van der Waals surface area contributed by atoms with Gasteiger partial charge in [0.1, 0.15) is 5.82 Å². The Morgan fingerprint density at radius 2 is 1.57 bits per heavy atom. The first-order chi connectivity index (χ1) is 13.7. The number of anilines is 3. The van der Waals surface area contributed by atoms with Crippen LogP contribution in [-0.2, 0) is 0 Å². The highest BCUT2D eigenvalue weighted by molar-refractivity contribution is 5.93. The number of halogens is 1. The number of hydrogen-bond acceptors (Lipinski definition) is 7. The first-order valence-corrected chi connectivity index (χ1v) is 8.85. The van der Waals surface area contributed by atoms with Crippen LogP contribution in [0.25, 0.3) is 0 Å². The Bertz CT molecular complexity index is 927. The zero-order chi connectivity index (χ0) is 19.3. The molecule has 0 bridgehead atoms. The number of carbonyl (C=O) groups excluding carboxylic acids is 1. The van der Waals surface area contributed by atoms with Gasteiger partial charge in [-0.15, -0.1) is 0 Å². The Kier molecular flexibility index (Phi) is 5.05. The van der Waals surface area contributed by atoms with E-state index in [2.05, 4.69) is 30.2 Å². The molecular formula is C19H18FN7O. The van der Waals surface area contributed by atoms with E-state index in [0.717, 1.165) is 0 Å². The molecule has 9 heteroatoms. The van der Waals surface area contributed by atoms with Crippen molar-refractivity contribution in [1.29, 1.82) is 0 Å². The first-order valence-electron chi connectivity index (χ1n) is 8.85. The quantitative estimate of drug-likeness (QED) is 0.743. The van der Waals surface area contributed by atoms with Crippen LogP contribution in [0.1, 0.15) is 10.4 Å². The normalized spacial score (nSPS) is 14.0. The van der Waals surface area contributed by atoms with E-state index in [1.807, 2.05) is 0 Å². The summed E-state index contributed by atoms with van der Waals surface area (Å²) in [6, 6.07) is 7.65. The van der Waals surface area contributed by atoms with Crippen molar-refractivity contribution in [3.63, 3.8) is 0 Å². The van der Waals surface area contributed by atoms with Gasteiger partial charge in [0.05, 0.1) is 5.56 Å². The molecule has 1 fully saturated rings. The first kappa shape index (κ1) is 17.8. The number of nitrogens with one attached hydrogen (secondary N) is 1. The lowest BCUT2D eigenvalue weighted by Crippen LogP contribution is -2.49. The van der Waals surface area contributed by atoms with E-state index in [1.54, 1.807) is 35.5 Å². The van der Waals surface area contributed by atoms with E-state index in [9.17, 15) is 9.18 Å². The summed E-state index contributed by atoms with van der Waals surface area (Å²) in [4.78, 5) is 33.4. The fraction of sp³-hybridized carbons (Fsp3) is 0.211. The van der Waals surface area contributed by atoms with Crippen LogP contribution in [0.3, 0.4) is 0 Å². The molecule has 0 atom stereocenters. The molecule has 1 aliphatic rings. The van der Waals surface area contributed by atoms with Crippen molar-refractivity contribution < 1.29 is 9.18 Å². The second-order valence-electron chi connectivity index (χ2n) is 6.26. The number of carbonyl (C=O) groups is 1. The van der Waals surface area contributed by atoms with Crippen LogP contribution in [0.2, 0.25) is 0 Å². The third-order valence-electron chi connectivity index (χ3n) is 4.40. The maximum Gasteiger partial charge on any atom is 0.257 e. The molecule has 1 aliphatic heterocycles. The molecular weight excluding hydrogens is 361 g/mol. The predicted octanol–water partition coefficient (Wildman–Crippen LogP) is 2.11. The number of aromatic nitrogens is 4. The van der Waals surface area contributed by atoms with Gasteiger partial charge in [0.2, 0.25) is 11.9 Å². The molecule has 3 aromatic rings. The van der Waals surface area contributed by atoms with Crippen molar-refractivity contribution in [3.05, 3.63) is 66.5 Å². The predicted molar refractivity (Wildman–Crippen MR) is 102 cm³/mol. The summed E-state index contributed by atoms with van der Waals surface area (Å²) >= 11 is 0. The second kappa shape index (κ2) is 7.95. The molecule has 1 saturated heterocycles. The fourth-order valence-corrected chi connectivity index (χ4v) is 2.91. The molecule has 1 amide bonds. The van der Waals surface area contributed by atoms with Gasteiger partial charge in [-0.1, -0.05) is 0 Å². The fourth-order valence-electron chi connectivity index (χ4n) is 2.91. The van der Waals surface area contributed by atoms with Crippen molar-refractivity contribution in [2.24, 2.45) is 0 Å². The third-order valence-corrected chi connectivity index (χ3v) is 4.40. The van der Waals surface area contributed by atoms with Crippen LogP contribution in [0.4, 0.5) is 22.0 Å². The molecule has 3 heterocycles. The number of rotatable bonds is 4. The highest BCUT2D eigenvalue weighted by Crippen LogP contribution is 2.15. The third kappa shape index (κ3) is 4.03. The van der Waals surface area contributed by atoms with E-state index in [-0.39, 0.29) is 11.7 Å². The van der Waals surface area contributed by atoms with Gasteiger partial charge in [-0.05, 0) is 30.3 Å². The molecule has 1 aromatic carbocycles. The molecule has 0 unspecified atom stereocenters. The summed E-state index contributed by atoms with van der Waals surface area (Å²) in [6.45, 7) is 2.49. The van der Waals surface area contributed by atoms with Gasteiger partial charge in [-0.25, -0.2) is 24.3 Å². The lowest BCUT2D eigenvalue weighted by molar-refractivity contribution is 0.0745. The minimum atomic E-state index is -0.314. The molecule has 2 aromatic heterocycles. The van der Waals surface area contributed by atoms with Gasteiger partial charge in [0.15, 0.2) is 0 Å². The van der Waals surface area contributed by atoms with E-state index >= 15 is 0 Å². The summed E-state index contributed by atoms with van der Waals surface area (Å²) in [7, 11) is 0. The average Bonchev–Trinajstić information content (AvgIpc) is 2.76. The highest BCUT2D eigenvalue weighted by Gasteiger charge is 2.23. The lowest BCUT2D eigenvalue weighted by Gasteiger charge is -2.34. The monoisotopic (exact) mass is 379 g/mol. The second-order valence-corrected chi connectivity index (χ2v) is 6.26. The van der Waals surface area contributed by atoms with Gasteiger partial charge in [-0.2, -0.15) is 0 Å². The van der Waals surface area contributed by atoms with Crippen molar-refractivity contribution in [1.82, 2.24) is 24.8 Å². The number of nitrogens with zero attached hydrogens (tertiary/aromatic N) is 6. The molecule has 0 radical (unpaired) electrons. The molecule has 1 N–H and O–H groups in total. The Labute approximate surface area is 161 Å². The summed E-state index contributed by atoms with van der Waals surface area (Å²) in [5.74, 6) is 0.594. The molecule has 0 aliphatic carbocycles. The molecule has 0 saturated carbocycles. The summed E-state index contributed by atoms with van der Waals surface area (Å²) < 4.78 is 13.0. The smallest absolute Gasteiger partial charge is 0.257 e. The lowest BCUT2D eigenvalue weighted by atomic mass is 10.2. The zero-order valence-electron chi connectivity index (χ0n) is 15.0. The molecule has 142 valence electrons. The molecule has 0 spiro atoms. The van der Waals surface area contributed by atoms with Crippen LogP contribution in [0.5, 0.6) is 0 Å². The van der Waals surface area contributed by atoms with Gasteiger partial charge >= 0.3 is 0 Å². The minimum Gasteiger partial charge on any atom is -0.337 e. The van der Waals surface area contributed by atoms with Gasteiger partial charge in [0.25, 0.3) is 5.91 Å². The number of piperazine rings is 1. The van der Waals surface area contributed by atoms with Gasteiger partial charge in [0, 0.05) is 56.7 Å². The summed E-state index contributed by atoms with van der Waals surface area (Å²) in [5.41, 5.74) is 1.09. The summed E-state index contributed by atoms with van der Waals surface area (Å²) in [6.07, 6.45) is 6.40. The number of benzene rings is 1. The van der Waals surface area contributed by atoms with Crippen molar-refractivity contribution in [2.45, 2.75) is 0 Å². The largest absolute Gasteiger partial charge is 0.337 e. The van der Waals surface area contributed by atoms with Crippen molar-refractivity contribution in [2.75, 3.05) is 36.4 Å². The minimum absolute atomic E-state index is 0.109. The summed E-state index contributed by atoms with van der Waals surface area (Å²) in [5, 5.41) is 2.97. The van der Waals surface area contributed by atoms with Crippen LogP contribution in [-0.4, -0.2) is 56.9 Å². The Hall–Kier alpha value is -3.62. The van der Waals surface area contributed by atoms with Crippen LogP contribution >= 0.6 is 0 Å². The number of hydrogen-bond donors (Lipinski definition) is 1. The van der Waals surface area contributed by atoms with Crippen molar-refractivity contribution >= 4 is 23.5 Å². The Morgan fingerprint density at radius 3 is 2.21 bits per heavy atom. The Morgan fingerprint density at radius 1 is 0.929 bits per heavy atom. The van der Waals surface area contributed by atoms with Crippen LogP contribution < -0.4 is 10.2 Å². The maximum atomic E-state index is 13.0. The Balaban J connectivity index is 1.35. The van der Waals surface area contributed by atoms with E-state index in [1.165, 1.54) is 24.5 Å². The maximum absolute atomic E-state index is 13.0. The molecule has 8 nitrogen and oxygen atoms in total.